The molecule has 2 aromatic rings. The fourth-order valence-electron chi connectivity index (χ4n) is 1.33. The number of benzene rings is 1. The summed E-state index contributed by atoms with van der Waals surface area (Å²) in [5, 5.41) is 4.51. The zero-order valence-electron chi connectivity index (χ0n) is 9.35. The quantitative estimate of drug-likeness (QED) is 0.863. The van der Waals surface area contributed by atoms with Crippen LogP contribution in [0.25, 0.3) is 0 Å². The van der Waals surface area contributed by atoms with Crippen LogP contribution in [0.1, 0.15) is 5.56 Å². The van der Waals surface area contributed by atoms with E-state index in [-0.39, 0.29) is 0 Å². The lowest BCUT2D eigenvalue weighted by Gasteiger charge is -2.02. The fraction of sp³-hybridized carbons (Fsp3) is 0.167. The molecule has 5 heteroatoms. The molecular weight excluding hydrogens is 254 g/mol. The Hall–Kier alpha value is -1.10. The van der Waals surface area contributed by atoms with E-state index in [4.69, 9.17) is 11.6 Å². The zero-order valence-corrected chi connectivity index (χ0v) is 10.9. The van der Waals surface area contributed by atoms with Gasteiger partial charge in [0.15, 0.2) is 5.16 Å². The monoisotopic (exact) mass is 265 g/mol. The smallest absolute Gasteiger partial charge is 0.192 e. The Kier molecular flexibility index (Phi) is 4.36. The van der Waals surface area contributed by atoms with Crippen molar-refractivity contribution in [2.75, 3.05) is 7.05 Å². The predicted octanol–water partition coefficient (Wildman–Crippen LogP) is 3.00. The zero-order chi connectivity index (χ0) is 12.1. The SMILES string of the molecule is CNCc1cnc(Sc2cccc(Cl)c2)nc1. The van der Waals surface area contributed by atoms with Crippen molar-refractivity contribution in [3.05, 3.63) is 47.2 Å². The van der Waals surface area contributed by atoms with Gasteiger partial charge in [-0.05, 0) is 37.0 Å². The van der Waals surface area contributed by atoms with Gasteiger partial charge in [0.05, 0.1) is 0 Å². The van der Waals surface area contributed by atoms with Gasteiger partial charge in [-0.25, -0.2) is 9.97 Å². The first kappa shape index (κ1) is 12.4. The van der Waals surface area contributed by atoms with Crippen LogP contribution in [0.3, 0.4) is 0 Å². The van der Waals surface area contributed by atoms with Crippen molar-refractivity contribution in [1.29, 1.82) is 0 Å². The number of halogens is 1. The molecule has 3 nitrogen and oxygen atoms in total. The third-order valence-electron chi connectivity index (χ3n) is 2.07. The molecule has 0 fully saturated rings. The Balaban J connectivity index is 2.08. The standard InChI is InChI=1S/C12H12ClN3S/c1-14-6-9-7-15-12(16-8-9)17-11-4-2-3-10(13)5-11/h2-5,7-8,14H,6H2,1H3. The van der Waals surface area contributed by atoms with E-state index < -0.39 is 0 Å². The van der Waals surface area contributed by atoms with Crippen LogP contribution in [-0.4, -0.2) is 17.0 Å². The molecule has 88 valence electrons. The van der Waals surface area contributed by atoms with E-state index in [9.17, 15) is 0 Å². The molecule has 1 aromatic carbocycles. The minimum Gasteiger partial charge on any atom is -0.316 e. The fourth-order valence-corrected chi connectivity index (χ4v) is 2.34. The van der Waals surface area contributed by atoms with Crippen LogP contribution in [0.15, 0.2) is 46.7 Å². The number of aromatic nitrogens is 2. The summed E-state index contributed by atoms with van der Waals surface area (Å²) in [4.78, 5) is 9.62. The molecule has 0 unspecified atom stereocenters. The van der Waals surface area contributed by atoms with Gasteiger partial charge in [0.25, 0.3) is 0 Å². The molecule has 0 aliphatic carbocycles. The van der Waals surface area contributed by atoms with Crippen LogP contribution in [0, 0.1) is 0 Å². The van der Waals surface area contributed by atoms with Gasteiger partial charge in [0.1, 0.15) is 0 Å². The molecule has 0 radical (unpaired) electrons. The van der Waals surface area contributed by atoms with Crippen molar-refractivity contribution in [3.8, 4) is 0 Å². The van der Waals surface area contributed by atoms with E-state index >= 15 is 0 Å². The summed E-state index contributed by atoms with van der Waals surface area (Å²) < 4.78 is 0. The van der Waals surface area contributed by atoms with Crippen LogP contribution >= 0.6 is 23.4 Å². The highest BCUT2D eigenvalue weighted by Crippen LogP contribution is 2.26. The van der Waals surface area contributed by atoms with Gasteiger partial charge in [0.2, 0.25) is 0 Å². The molecule has 17 heavy (non-hydrogen) atoms. The number of hydrogen-bond acceptors (Lipinski definition) is 4. The number of nitrogens with one attached hydrogen (secondary N) is 1. The van der Waals surface area contributed by atoms with Gasteiger partial charge in [0, 0.05) is 34.4 Å². The maximum atomic E-state index is 5.92. The predicted molar refractivity (Wildman–Crippen MR) is 70.4 cm³/mol. The Morgan fingerprint density at radius 1 is 1.29 bits per heavy atom. The van der Waals surface area contributed by atoms with E-state index in [0.717, 1.165) is 27.2 Å². The van der Waals surface area contributed by atoms with Crippen LogP contribution in [-0.2, 0) is 6.54 Å². The minimum atomic E-state index is 0.724. The maximum absolute atomic E-state index is 5.92. The Morgan fingerprint density at radius 2 is 2.06 bits per heavy atom. The van der Waals surface area contributed by atoms with Gasteiger partial charge < -0.3 is 5.32 Å². The number of nitrogens with zero attached hydrogens (tertiary/aromatic N) is 2. The van der Waals surface area contributed by atoms with Crippen LogP contribution in [0.2, 0.25) is 5.02 Å². The third-order valence-corrected chi connectivity index (χ3v) is 3.19. The van der Waals surface area contributed by atoms with Crippen molar-refractivity contribution in [3.63, 3.8) is 0 Å². The molecule has 1 N–H and O–H groups in total. The summed E-state index contributed by atoms with van der Waals surface area (Å²) in [6.45, 7) is 0.780. The first-order valence-corrected chi connectivity index (χ1v) is 6.36. The molecule has 0 atom stereocenters. The van der Waals surface area contributed by atoms with Gasteiger partial charge in [-0.3, -0.25) is 0 Å². The third kappa shape index (κ3) is 3.70. The van der Waals surface area contributed by atoms with Crippen LogP contribution in [0.4, 0.5) is 0 Å². The van der Waals surface area contributed by atoms with Crippen molar-refractivity contribution in [2.24, 2.45) is 0 Å². The van der Waals surface area contributed by atoms with Gasteiger partial charge in [-0.1, -0.05) is 17.7 Å². The molecule has 1 heterocycles. The second-order valence-electron chi connectivity index (χ2n) is 3.46. The molecule has 0 spiro atoms. The highest BCUT2D eigenvalue weighted by molar-refractivity contribution is 7.99. The first-order valence-electron chi connectivity index (χ1n) is 5.17. The summed E-state index contributed by atoms with van der Waals surface area (Å²) in [5.74, 6) is 0. The second kappa shape index (κ2) is 6.00. The Labute approximate surface area is 110 Å². The van der Waals surface area contributed by atoms with E-state index in [1.165, 1.54) is 11.8 Å². The molecule has 2 rings (SSSR count). The van der Waals surface area contributed by atoms with Crippen molar-refractivity contribution < 1.29 is 0 Å². The molecule has 1 aromatic heterocycles. The molecule has 0 saturated carbocycles. The van der Waals surface area contributed by atoms with Gasteiger partial charge in [-0.2, -0.15) is 0 Å². The topological polar surface area (TPSA) is 37.8 Å². The average Bonchev–Trinajstić information content (AvgIpc) is 2.32. The molecule has 0 aliphatic heterocycles. The summed E-state index contributed by atoms with van der Waals surface area (Å²) >= 11 is 7.42. The summed E-state index contributed by atoms with van der Waals surface area (Å²) in [6, 6.07) is 7.65. The van der Waals surface area contributed by atoms with E-state index in [1.807, 2.05) is 43.7 Å². The Bertz CT molecular complexity index is 487. The first-order chi connectivity index (χ1) is 8.28. The van der Waals surface area contributed by atoms with E-state index in [2.05, 4.69) is 15.3 Å². The summed E-state index contributed by atoms with van der Waals surface area (Å²) in [6.07, 6.45) is 3.66. The summed E-state index contributed by atoms with van der Waals surface area (Å²) in [5.41, 5.74) is 1.07. The molecule has 0 bridgehead atoms. The second-order valence-corrected chi connectivity index (χ2v) is 4.94. The van der Waals surface area contributed by atoms with E-state index in [0.29, 0.717) is 0 Å². The highest BCUT2D eigenvalue weighted by atomic mass is 35.5. The van der Waals surface area contributed by atoms with Crippen molar-refractivity contribution in [2.45, 2.75) is 16.6 Å². The van der Waals surface area contributed by atoms with Gasteiger partial charge >= 0.3 is 0 Å². The largest absolute Gasteiger partial charge is 0.316 e. The average molecular weight is 266 g/mol. The number of hydrogen-bond donors (Lipinski definition) is 1. The Morgan fingerprint density at radius 3 is 2.71 bits per heavy atom. The van der Waals surface area contributed by atoms with Crippen molar-refractivity contribution >= 4 is 23.4 Å². The lowest BCUT2D eigenvalue weighted by molar-refractivity contribution is 0.793. The lowest BCUT2D eigenvalue weighted by atomic mass is 10.3. The highest BCUT2D eigenvalue weighted by Gasteiger charge is 2.01. The molecule has 0 aliphatic rings. The molecule has 0 saturated heterocycles. The van der Waals surface area contributed by atoms with Crippen LogP contribution < -0.4 is 5.32 Å². The lowest BCUT2D eigenvalue weighted by Crippen LogP contribution is -2.05. The van der Waals surface area contributed by atoms with Crippen LogP contribution in [0.5, 0.6) is 0 Å². The molecular formula is C12H12ClN3S. The minimum absolute atomic E-state index is 0.724. The summed E-state index contributed by atoms with van der Waals surface area (Å²) in [7, 11) is 1.90. The normalized spacial score (nSPS) is 10.5. The maximum Gasteiger partial charge on any atom is 0.192 e. The van der Waals surface area contributed by atoms with Gasteiger partial charge in [-0.15, -0.1) is 0 Å². The van der Waals surface area contributed by atoms with E-state index in [1.54, 1.807) is 0 Å². The molecule has 0 amide bonds. The van der Waals surface area contributed by atoms with Crippen molar-refractivity contribution in [1.82, 2.24) is 15.3 Å². The number of rotatable bonds is 4.